The predicted molar refractivity (Wildman–Crippen MR) is 41.6 cm³/mol. The van der Waals surface area contributed by atoms with Gasteiger partial charge in [-0.1, -0.05) is 0 Å². The first-order valence-electron chi connectivity index (χ1n) is 3.21. The van der Waals surface area contributed by atoms with E-state index in [9.17, 15) is 8.42 Å². The largest absolute Gasteiger partial charge is 0.275 e. The van der Waals surface area contributed by atoms with Crippen LogP contribution in [-0.4, -0.2) is 22.8 Å². The minimum absolute atomic E-state index is 0.160. The van der Waals surface area contributed by atoms with Crippen LogP contribution in [0.15, 0.2) is 29.7 Å². The van der Waals surface area contributed by atoms with Gasteiger partial charge in [-0.2, -0.15) is 0 Å². The van der Waals surface area contributed by atoms with Crippen molar-refractivity contribution in [1.82, 2.24) is 14.4 Å². The van der Waals surface area contributed by atoms with Gasteiger partial charge in [0, 0.05) is 12.4 Å². The zero-order chi connectivity index (χ0) is 8.55. The number of thiol groups is 1. The van der Waals surface area contributed by atoms with E-state index in [0.717, 1.165) is 0 Å². The van der Waals surface area contributed by atoms with Crippen molar-refractivity contribution in [2.75, 3.05) is 0 Å². The van der Waals surface area contributed by atoms with Gasteiger partial charge in [0.05, 0.1) is 6.20 Å². The van der Waals surface area contributed by atoms with Crippen molar-refractivity contribution in [3.8, 4) is 0 Å². The van der Waals surface area contributed by atoms with E-state index in [1.54, 1.807) is 18.5 Å². The molecule has 0 saturated carbocycles. The molecule has 2 heterocycles. The van der Waals surface area contributed by atoms with Gasteiger partial charge in [-0.25, -0.2) is 18.4 Å². The maximum Gasteiger partial charge on any atom is 0.234 e. The van der Waals surface area contributed by atoms with Gasteiger partial charge in [-0.05, 0) is 6.07 Å². The Labute approximate surface area is 69.6 Å². The molecule has 0 unspecified atom stereocenters. The summed E-state index contributed by atoms with van der Waals surface area (Å²) >= 11 is 0. The van der Waals surface area contributed by atoms with Crippen molar-refractivity contribution in [2.24, 2.45) is 0 Å². The lowest BCUT2D eigenvalue weighted by atomic mass is 10.7. The van der Waals surface area contributed by atoms with E-state index in [4.69, 9.17) is 0 Å². The fraction of sp³-hybridized carbons (Fsp3) is 0. The SMILES string of the molecule is O=[SH](=O)c1cnc2ncccn12. The quantitative estimate of drug-likeness (QED) is 0.616. The summed E-state index contributed by atoms with van der Waals surface area (Å²) in [6.07, 6.45) is 4.45. The van der Waals surface area contributed by atoms with Crippen molar-refractivity contribution in [3.63, 3.8) is 0 Å². The lowest BCUT2D eigenvalue weighted by molar-refractivity contribution is 0.610. The van der Waals surface area contributed by atoms with E-state index in [0.29, 0.717) is 5.78 Å². The van der Waals surface area contributed by atoms with Crippen LogP contribution in [0.4, 0.5) is 0 Å². The highest BCUT2D eigenvalue weighted by Crippen LogP contribution is 2.03. The molecular weight excluding hydrogens is 178 g/mol. The molecule has 2 aromatic heterocycles. The van der Waals surface area contributed by atoms with E-state index < -0.39 is 10.7 Å². The van der Waals surface area contributed by atoms with Crippen molar-refractivity contribution in [2.45, 2.75) is 5.03 Å². The average Bonchev–Trinajstić information content (AvgIpc) is 2.47. The van der Waals surface area contributed by atoms with Gasteiger partial charge in [-0.15, -0.1) is 0 Å². The number of hydrogen-bond donors (Lipinski definition) is 1. The molecule has 62 valence electrons. The van der Waals surface area contributed by atoms with Crippen molar-refractivity contribution < 1.29 is 8.42 Å². The molecule has 0 spiro atoms. The third-order valence-corrected chi connectivity index (χ3v) is 2.16. The molecule has 6 heteroatoms. The van der Waals surface area contributed by atoms with Gasteiger partial charge in [0.1, 0.15) is 0 Å². The number of rotatable bonds is 1. The predicted octanol–water partition coefficient (Wildman–Crippen LogP) is -0.300. The summed E-state index contributed by atoms with van der Waals surface area (Å²) in [6, 6.07) is 1.65. The second-order valence-electron chi connectivity index (χ2n) is 2.16. The molecule has 0 N–H and O–H groups in total. The number of aromatic nitrogens is 3. The maximum absolute atomic E-state index is 10.6. The summed E-state index contributed by atoms with van der Waals surface area (Å²) in [5.74, 6) is 0.395. The average molecular weight is 183 g/mol. The van der Waals surface area contributed by atoms with Crippen LogP contribution in [0.3, 0.4) is 0 Å². The first kappa shape index (κ1) is 7.23. The Morgan fingerprint density at radius 2 is 2.17 bits per heavy atom. The Morgan fingerprint density at radius 1 is 1.33 bits per heavy atom. The topological polar surface area (TPSA) is 64.3 Å². The monoisotopic (exact) mass is 183 g/mol. The smallest absolute Gasteiger partial charge is 0.234 e. The first-order valence-corrected chi connectivity index (χ1v) is 4.39. The molecule has 0 fully saturated rings. The van der Waals surface area contributed by atoms with Gasteiger partial charge < -0.3 is 0 Å². The molecule has 12 heavy (non-hydrogen) atoms. The van der Waals surface area contributed by atoms with Crippen LogP contribution in [0.1, 0.15) is 0 Å². The highest BCUT2D eigenvalue weighted by atomic mass is 32.2. The minimum Gasteiger partial charge on any atom is -0.275 e. The normalized spacial score (nSPS) is 11.1. The molecule has 5 nitrogen and oxygen atoms in total. The third-order valence-electron chi connectivity index (χ3n) is 1.46. The second-order valence-corrected chi connectivity index (χ2v) is 3.14. The van der Waals surface area contributed by atoms with Gasteiger partial charge >= 0.3 is 0 Å². The number of imidazole rings is 1. The van der Waals surface area contributed by atoms with E-state index in [2.05, 4.69) is 9.97 Å². The van der Waals surface area contributed by atoms with Crippen LogP contribution >= 0.6 is 0 Å². The van der Waals surface area contributed by atoms with Crippen molar-refractivity contribution in [3.05, 3.63) is 24.7 Å². The Morgan fingerprint density at radius 3 is 2.92 bits per heavy atom. The summed E-state index contributed by atoms with van der Waals surface area (Å²) in [5, 5.41) is 0.160. The highest BCUT2D eigenvalue weighted by molar-refractivity contribution is 7.72. The van der Waals surface area contributed by atoms with Crippen LogP contribution in [0.25, 0.3) is 5.78 Å². The minimum atomic E-state index is -2.60. The Kier molecular flexibility index (Phi) is 1.54. The standard InChI is InChI=1S/C6H5N3O2S/c10-12(11)5-4-8-6-7-2-1-3-9(5)6/h1-4,12H. The van der Waals surface area contributed by atoms with Gasteiger partial charge in [0.25, 0.3) is 0 Å². The van der Waals surface area contributed by atoms with Gasteiger partial charge in [0.15, 0.2) is 15.7 Å². The summed E-state index contributed by atoms with van der Waals surface area (Å²) < 4.78 is 22.7. The lowest BCUT2D eigenvalue weighted by Gasteiger charge is -1.90. The molecule has 0 radical (unpaired) electrons. The second kappa shape index (κ2) is 2.56. The fourth-order valence-electron chi connectivity index (χ4n) is 0.950. The Hall–Kier alpha value is -1.43. The molecular formula is C6H5N3O2S. The molecule has 0 aromatic carbocycles. The summed E-state index contributed by atoms with van der Waals surface area (Å²) in [6.45, 7) is 0. The number of hydrogen-bond acceptors (Lipinski definition) is 4. The van der Waals surface area contributed by atoms with E-state index >= 15 is 0 Å². The van der Waals surface area contributed by atoms with Crippen LogP contribution in [-0.2, 0) is 10.7 Å². The lowest BCUT2D eigenvalue weighted by Crippen LogP contribution is -1.90. The zero-order valence-electron chi connectivity index (χ0n) is 5.91. The van der Waals surface area contributed by atoms with E-state index in [1.165, 1.54) is 10.6 Å². The van der Waals surface area contributed by atoms with Crippen molar-refractivity contribution >= 4 is 16.5 Å². The summed E-state index contributed by atoms with van der Waals surface area (Å²) in [5.41, 5.74) is 0. The molecule has 0 amide bonds. The first-order chi connectivity index (χ1) is 5.79. The highest BCUT2D eigenvalue weighted by Gasteiger charge is 2.03. The molecule has 0 aliphatic rings. The van der Waals surface area contributed by atoms with Crippen LogP contribution in [0.2, 0.25) is 0 Å². The van der Waals surface area contributed by atoms with Crippen molar-refractivity contribution in [1.29, 1.82) is 0 Å². The molecule has 2 aromatic rings. The fourth-order valence-corrected chi connectivity index (χ4v) is 1.43. The molecule has 0 aliphatic carbocycles. The Balaban J connectivity index is 2.87. The summed E-state index contributed by atoms with van der Waals surface area (Å²) in [7, 11) is -2.60. The molecule has 0 atom stereocenters. The number of nitrogens with zero attached hydrogens (tertiary/aromatic N) is 3. The third kappa shape index (κ3) is 0.964. The van der Waals surface area contributed by atoms with E-state index in [-0.39, 0.29) is 5.03 Å². The maximum atomic E-state index is 10.6. The molecule has 0 aliphatic heterocycles. The molecule has 0 bridgehead atoms. The van der Waals surface area contributed by atoms with Gasteiger partial charge in [-0.3, -0.25) is 4.40 Å². The van der Waals surface area contributed by atoms with Crippen LogP contribution in [0.5, 0.6) is 0 Å². The molecule has 2 rings (SSSR count). The van der Waals surface area contributed by atoms with E-state index in [1.807, 2.05) is 0 Å². The molecule has 0 saturated heterocycles. The Bertz CT molecular complexity index is 480. The zero-order valence-corrected chi connectivity index (χ0v) is 6.81. The summed E-state index contributed by atoms with van der Waals surface area (Å²) in [4.78, 5) is 7.68. The van der Waals surface area contributed by atoms with Gasteiger partial charge in [0.2, 0.25) is 5.78 Å². The van der Waals surface area contributed by atoms with Crippen LogP contribution < -0.4 is 0 Å². The number of fused-ring (bicyclic) bond motifs is 1. The van der Waals surface area contributed by atoms with Crippen LogP contribution in [0, 0.1) is 0 Å².